The van der Waals surface area contributed by atoms with Crippen LogP contribution in [0.15, 0.2) is 30.7 Å². The van der Waals surface area contributed by atoms with E-state index in [1.54, 1.807) is 24.7 Å². The molecule has 0 aromatic carbocycles. The van der Waals surface area contributed by atoms with Crippen molar-refractivity contribution in [2.75, 3.05) is 0 Å². The van der Waals surface area contributed by atoms with Gasteiger partial charge >= 0.3 is 0 Å². The average Bonchev–Trinajstić information content (AvgIpc) is 2.06. The van der Waals surface area contributed by atoms with E-state index in [1.807, 2.05) is 6.07 Å². The van der Waals surface area contributed by atoms with Gasteiger partial charge in [-0.1, -0.05) is 11.6 Å². The van der Waals surface area contributed by atoms with Crippen LogP contribution in [-0.2, 0) is 0 Å². The monoisotopic (exact) mass is 200 g/mol. The molecule has 2 heterocycles. The Hall–Kier alpha value is -0.860. The fraction of sp³-hybridized carbons (Fsp3) is 0. The largest absolute Gasteiger partial charge is 0.262 e. The zero-order valence-corrected chi connectivity index (χ0v) is 7.64. The van der Waals surface area contributed by atoms with Crippen LogP contribution >= 0.6 is 24.0 Å². The van der Waals surface area contributed by atoms with Gasteiger partial charge in [0.25, 0.3) is 0 Å². The molecule has 0 spiro atoms. The highest BCUT2D eigenvalue weighted by molar-refractivity contribution is 6.35. The van der Waals surface area contributed by atoms with Crippen LogP contribution in [0.1, 0.15) is 0 Å². The highest BCUT2D eigenvalue weighted by Gasteiger charge is 1.96. The number of rotatable bonds is 0. The Morgan fingerprint density at radius 2 is 2.00 bits per heavy atom. The standard InChI is InChI=1S/C8H5ClN2.ClH/c9-7-2-4-11-8-5-10-3-1-6(7)8;/h1-5H;1H. The molecular formula is C8H6Cl2N2. The number of pyridine rings is 2. The first-order chi connectivity index (χ1) is 5.38. The maximum atomic E-state index is 5.89. The molecule has 0 atom stereocenters. The molecule has 2 aromatic rings. The second-order valence-corrected chi connectivity index (χ2v) is 2.59. The molecule has 4 heteroatoms. The smallest absolute Gasteiger partial charge is 0.0900 e. The summed E-state index contributed by atoms with van der Waals surface area (Å²) in [5, 5.41) is 1.67. The molecule has 0 N–H and O–H groups in total. The Morgan fingerprint density at radius 3 is 2.75 bits per heavy atom. The quantitative estimate of drug-likeness (QED) is 0.654. The van der Waals surface area contributed by atoms with Gasteiger partial charge in [-0.25, -0.2) is 0 Å². The summed E-state index contributed by atoms with van der Waals surface area (Å²) in [6.45, 7) is 0. The number of aromatic nitrogens is 2. The summed E-state index contributed by atoms with van der Waals surface area (Å²) >= 11 is 5.89. The average molecular weight is 201 g/mol. The summed E-state index contributed by atoms with van der Waals surface area (Å²) in [6, 6.07) is 3.62. The van der Waals surface area contributed by atoms with Gasteiger partial charge in [-0.3, -0.25) is 9.97 Å². The van der Waals surface area contributed by atoms with E-state index in [-0.39, 0.29) is 12.4 Å². The fourth-order valence-corrected chi connectivity index (χ4v) is 1.18. The van der Waals surface area contributed by atoms with Gasteiger partial charge in [0.2, 0.25) is 0 Å². The van der Waals surface area contributed by atoms with Crippen molar-refractivity contribution in [1.82, 2.24) is 9.97 Å². The van der Waals surface area contributed by atoms with E-state index in [0.29, 0.717) is 0 Å². The van der Waals surface area contributed by atoms with Crippen LogP contribution in [0.3, 0.4) is 0 Å². The number of hydrogen-bond donors (Lipinski definition) is 0. The van der Waals surface area contributed by atoms with Crippen LogP contribution in [0.5, 0.6) is 0 Å². The zero-order chi connectivity index (χ0) is 7.68. The summed E-state index contributed by atoms with van der Waals surface area (Å²) < 4.78 is 0. The van der Waals surface area contributed by atoms with Gasteiger partial charge in [-0.2, -0.15) is 0 Å². The lowest BCUT2D eigenvalue weighted by Crippen LogP contribution is -1.79. The van der Waals surface area contributed by atoms with Crippen LogP contribution < -0.4 is 0 Å². The molecule has 12 heavy (non-hydrogen) atoms. The van der Waals surface area contributed by atoms with Crippen LogP contribution in [0.4, 0.5) is 0 Å². The maximum absolute atomic E-state index is 5.89. The molecule has 0 aliphatic rings. The summed E-state index contributed by atoms with van der Waals surface area (Å²) in [5.41, 5.74) is 0.833. The Morgan fingerprint density at radius 1 is 1.17 bits per heavy atom. The molecule has 0 aliphatic heterocycles. The third kappa shape index (κ3) is 1.49. The molecule has 0 bridgehead atoms. The number of hydrogen-bond acceptors (Lipinski definition) is 2. The van der Waals surface area contributed by atoms with Crippen molar-refractivity contribution >= 4 is 34.9 Å². The van der Waals surface area contributed by atoms with Gasteiger partial charge < -0.3 is 0 Å². The second-order valence-electron chi connectivity index (χ2n) is 2.19. The first-order valence-electron chi connectivity index (χ1n) is 3.22. The molecule has 2 rings (SSSR count). The Labute approximate surface area is 81.0 Å². The van der Waals surface area contributed by atoms with Crippen molar-refractivity contribution in [3.05, 3.63) is 35.7 Å². The van der Waals surface area contributed by atoms with E-state index in [0.717, 1.165) is 15.9 Å². The molecule has 0 saturated carbocycles. The summed E-state index contributed by atoms with van der Waals surface area (Å²) in [7, 11) is 0. The minimum atomic E-state index is 0. The molecule has 0 saturated heterocycles. The van der Waals surface area contributed by atoms with Crippen LogP contribution in [0, 0.1) is 0 Å². The lowest BCUT2D eigenvalue weighted by Gasteiger charge is -1.95. The lowest BCUT2D eigenvalue weighted by molar-refractivity contribution is 1.31. The molecule has 0 radical (unpaired) electrons. The highest BCUT2D eigenvalue weighted by atomic mass is 35.5. The van der Waals surface area contributed by atoms with E-state index in [1.165, 1.54) is 0 Å². The van der Waals surface area contributed by atoms with Crippen molar-refractivity contribution in [2.45, 2.75) is 0 Å². The van der Waals surface area contributed by atoms with Gasteiger partial charge in [0.15, 0.2) is 0 Å². The first-order valence-corrected chi connectivity index (χ1v) is 3.60. The molecule has 0 fully saturated rings. The molecule has 2 nitrogen and oxygen atoms in total. The highest BCUT2D eigenvalue weighted by Crippen LogP contribution is 2.19. The fourth-order valence-electron chi connectivity index (χ4n) is 0.964. The third-order valence-corrected chi connectivity index (χ3v) is 1.82. The van der Waals surface area contributed by atoms with Crippen molar-refractivity contribution < 1.29 is 0 Å². The van der Waals surface area contributed by atoms with Crippen molar-refractivity contribution in [3.63, 3.8) is 0 Å². The summed E-state index contributed by atoms with van der Waals surface area (Å²) in [5.74, 6) is 0. The molecular weight excluding hydrogens is 195 g/mol. The Kier molecular flexibility index (Phi) is 2.84. The van der Waals surface area contributed by atoms with Gasteiger partial charge in [-0.05, 0) is 12.1 Å². The second kappa shape index (κ2) is 3.70. The van der Waals surface area contributed by atoms with Crippen molar-refractivity contribution in [1.29, 1.82) is 0 Å². The predicted octanol–water partition coefficient (Wildman–Crippen LogP) is 2.71. The van der Waals surface area contributed by atoms with Crippen LogP contribution in [0.25, 0.3) is 10.9 Å². The topological polar surface area (TPSA) is 25.8 Å². The minimum absolute atomic E-state index is 0. The SMILES string of the molecule is Cl.Clc1ccnc2cnccc12. The van der Waals surface area contributed by atoms with E-state index < -0.39 is 0 Å². The minimum Gasteiger partial charge on any atom is -0.262 e. The van der Waals surface area contributed by atoms with Crippen LogP contribution in [0.2, 0.25) is 5.02 Å². The molecule has 2 aromatic heterocycles. The maximum Gasteiger partial charge on any atom is 0.0900 e. The Bertz CT molecular complexity index is 384. The lowest BCUT2D eigenvalue weighted by atomic mass is 10.3. The molecule has 0 amide bonds. The van der Waals surface area contributed by atoms with Gasteiger partial charge in [0.1, 0.15) is 0 Å². The zero-order valence-electron chi connectivity index (χ0n) is 6.07. The van der Waals surface area contributed by atoms with E-state index in [4.69, 9.17) is 11.6 Å². The molecule has 62 valence electrons. The van der Waals surface area contributed by atoms with Crippen molar-refractivity contribution in [2.24, 2.45) is 0 Å². The van der Waals surface area contributed by atoms with Gasteiger partial charge in [-0.15, -0.1) is 12.4 Å². The normalized spacial score (nSPS) is 9.42. The third-order valence-electron chi connectivity index (χ3n) is 1.49. The number of nitrogens with zero attached hydrogens (tertiary/aromatic N) is 2. The van der Waals surface area contributed by atoms with E-state index in [9.17, 15) is 0 Å². The molecule has 0 aliphatic carbocycles. The van der Waals surface area contributed by atoms with Crippen LogP contribution in [-0.4, -0.2) is 9.97 Å². The number of fused-ring (bicyclic) bond motifs is 1. The first kappa shape index (κ1) is 9.23. The van der Waals surface area contributed by atoms with Gasteiger partial charge in [0, 0.05) is 17.8 Å². The summed E-state index contributed by atoms with van der Waals surface area (Å²) in [4.78, 5) is 8.03. The predicted molar refractivity (Wildman–Crippen MR) is 51.8 cm³/mol. The van der Waals surface area contributed by atoms with Crippen molar-refractivity contribution in [3.8, 4) is 0 Å². The van der Waals surface area contributed by atoms with E-state index in [2.05, 4.69) is 9.97 Å². The summed E-state index contributed by atoms with van der Waals surface area (Å²) in [6.07, 6.45) is 5.07. The molecule has 0 unspecified atom stereocenters. The van der Waals surface area contributed by atoms with E-state index >= 15 is 0 Å². The number of halogens is 2. The van der Waals surface area contributed by atoms with Gasteiger partial charge in [0.05, 0.1) is 16.7 Å². The Balaban J connectivity index is 0.000000720.